The quantitative estimate of drug-likeness (QED) is 0.399. The lowest BCUT2D eigenvalue weighted by atomic mass is 9.97. The van der Waals surface area contributed by atoms with Crippen LogP contribution in [0.3, 0.4) is 0 Å². The van der Waals surface area contributed by atoms with Crippen molar-refractivity contribution in [2.75, 3.05) is 23.1 Å². The number of sulfonamides is 2. The van der Waals surface area contributed by atoms with E-state index in [1.807, 2.05) is 0 Å². The molecule has 0 aromatic heterocycles. The third-order valence-corrected chi connectivity index (χ3v) is 10.1. The van der Waals surface area contributed by atoms with Crippen LogP contribution in [0.4, 0.5) is 15.8 Å². The van der Waals surface area contributed by atoms with E-state index in [4.69, 9.17) is 11.6 Å². The Bertz CT molecular complexity index is 1540. The molecule has 1 heterocycles. The van der Waals surface area contributed by atoms with E-state index in [-0.39, 0.29) is 29.5 Å². The van der Waals surface area contributed by atoms with Gasteiger partial charge in [0.15, 0.2) is 0 Å². The maximum atomic E-state index is 13.9. The molecule has 0 aliphatic carbocycles. The minimum Gasteiger partial charge on any atom is -0.326 e. The van der Waals surface area contributed by atoms with Crippen LogP contribution >= 0.6 is 11.6 Å². The molecule has 12 heteroatoms. The number of hydrogen-bond donors (Lipinski definition) is 2. The smallest absolute Gasteiger partial charge is 0.261 e. The lowest BCUT2D eigenvalue weighted by molar-refractivity contribution is -0.120. The Labute approximate surface area is 226 Å². The molecule has 0 bridgehead atoms. The van der Waals surface area contributed by atoms with Gasteiger partial charge in [0.05, 0.1) is 16.3 Å². The first-order valence-electron chi connectivity index (χ1n) is 11.9. The van der Waals surface area contributed by atoms with Gasteiger partial charge in [-0.2, -0.15) is 0 Å². The van der Waals surface area contributed by atoms with Crippen LogP contribution in [0.2, 0.25) is 5.02 Å². The van der Waals surface area contributed by atoms with Gasteiger partial charge in [-0.1, -0.05) is 35.9 Å². The number of amides is 1. The van der Waals surface area contributed by atoms with E-state index in [2.05, 4.69) is 10.0 Å². The number of hydrogen-bond acceptors (Lipinski definition) is 5. The number of anilines is 2. The Morgan fingerprint density at radius 1 is 0.974 bits per heavy atom. The van der Waals surface area contributed by atoms with Crippen molar-refractivity contribution in [3.8, 4) is 0 Å². The summed E-state index contributed by atoms with van der Waals surface area (Å²) < 4.78 is 68.7. The van der Waals surface area contributed by atoms with Crippen molar-refractivity contribution in [3.63, 3.8) is 0 Å². The largest absolute Gasteiger partial charge is 0.326 e. The van der Waals surface area contributed by atoms with Crippen molar-refractivity contribution in [2.45, 2.75) is 30.4 Å². The number of carbonyl (C=O) groups excluding carboxylic acids is 1. The summed E-state index contributed by atoms with van der Waals surface area (Å²) in [6.07, 6.45) is 0.634. The van der Waals surface area contributed by atoms with Crippen molar-refractivity contribution in [2.24, 2.45) is 5.92 Å². The minimum atomic E-state index is -3.87. The molecule has 1 amide bonds. The molecular weight excluding hydrogens is 553 g/mol. The van der Waals surface area contributed by atoms with Crippen molar-refractivity contribution < 1.29 is 26.0 Å². The van der Waals surface area contributed by atoms with Crippen molar-refractivity contribution >= 4 is 48.9 Å². The van der Waals surface area contributed by atoms with Gasteiger partial charge in [-0.25, -0.2) is 25.5 Å². The lowest BCUT2D eigenvalue weighted by Crippen LogP contribution is -2.42. The van der Waals surface area contributed by atoms with E-state index < -0.39 is 37.5 Å². The van der Waals surface area contributed by atoms with E-state index in [0.717, 1.165) is 0 Å². The molecule has 0 spiro atoms. The summed E-state index contributed by atoms with van der Waals surface area (Å²) in [5.74, 6) is -1.69. The fourth-order valence-electron chi connectivity index (χ4n) is 4.18. The van der Waals surface area contributed by atoms with E-state index in [1.165, 1.54) is 46.8 Å². The van der Waals surface area contributed by atoms with Gasteiger partial charge in [0.25, 0.3) is 10.0 Å². The topological polar surface area (TPSA) is 113 Å². The molecule has 0 unspecified atom stereocenters. The van der Waals surface area contributed by atoms with E-state index in [1.54, 1.807) is 31.2 Å². The fraction of sp³-hybridized carbons (Fsp3) is 0.269. The Morgan fingerprint density at radius 2 is 1.63 bits per heavy atom. The normalized spacial score (nSPS) is 15.2. The average Bonchev–Trinajstić information content (AvgIpc) is 2.88. The van der Waals surface area contributed by atoms with Crippen LogP contribution in [0.1, 0.15) is 24.0 Å². The zero-order valence-corrected chi connectivity index (χ0v) is 22.9. The number of carbonyl (C=O) groups is 1. The molecule has 3 aromatic carbocycles. The summed E-state index contributed by atoms with van der Waals surface area (Å²) in [6, 6.07) is 16.4. The number of piperidine rings is 1. The maximum absolute atomic E-state index is 13.9. The molecular formula is C26H27ClFN3O5S2. The first-order valence-corrected chi connectivity index (χ1v) is 15.3. The highest BCUT2D eigenvalue weighted by atomic mass is 35.5. The molecule has 1 aliphatic rings. The van der Waals surface area contributed by atoms with E-state index >= 15 is 0 Å². The Morgan fingerprint density at radius 3 is 2.29 bits per heavy atom. The molecule has 0 radical (unpaired) electrons. The molecule has 2 N–H and O–H groups in total. The Hall–Kier alpha value is -2.99. The monoisotopic (exact) mass is 579 g/mol. The lowest BCUT2D eigenvalue weighted by Gasteiger charge is -2.30. The second kappa shape index (κ2) is 11.4. The molecule has 8 nitrogen and oxygen atoms in total. The number of benzene rings is 3. The van der Waals surface area contributed by atoms with Crippen LogP contribution in [0.15, 0.2) is 71.6 Å². The van der Waals surface area contributed by atoms with Crippen LogP contribution in [-0.2, 0) is 30.6 Å². The summed E-state index contributed by atoms with van der Waals surface area (Å²) >= 11 is 6.07. The van der Waals surface area contributed by atoms with Crippen LogP contribution < -0.4 is 10.0 Å². The van der Waals surface area contributed by atoms with Crippen molar-refractivity contribution in [3.05, 3.63) is 88.7 Å². The van der Waals surface area contributed by atoms with Crippen LogP contribution in [0.25, 0.3) is 0 Å². The number of halogens is 2. The number of rotatable bonds is 8. The van der Waals surface area contributed by atoms with E-state index in [0.29, 0.717) is 34.8 Å². The zero-order chi connectivity index (χ0) is 27.5. The van der Waals surface area contributed by atoms with Crippen LogP contribution in [-0.4, -0.2) is 40.1 Å². The SMILES string of the molecule is Cc1c(Cl)cccc1NS(=O)(=O)c1ccc(NC(=O)C2CCN(S(=O)(=O)Cc3ccccc3F)CC2)cc1. The highest BCUT2D eigenvalue weighted by Crippen LogP contribution is 2.27. The Kier molecular flexibility index (Phi) is 8.41. The zero-order valence-electron chi connectivity index (χ0n) is 20.5. The summed E-state index contributed by atoms with van der Waals surface area (Å²) in [6.45, 7) is 2.02. The second-order valence-corrected chi connectivity index (χ2v) is 13.1. The van der Waals surface area contributed by atoms with E-state index in [9.17, 15) is 26.0 Å². The standard InChI is InChI=1S/C26H27ClFN3O5S2/c1-18-23(27)6-4-8-25(18)30-38(35,36)22-11-9-21(10-12-22)29-26(32)19-13-15-31(16-14-19)37(33,34)17-20-5-2-3-7-24(20)28/h2-12,19,30H,13-17H2,1H3,(H,29,32). The predicted molar refractivity (Wildman–Crippen MR) is 145 cm³/mol. The average molecular weight is 580 g/mol. The predicted octanol–water partition coefficient (Wildman–Crippen LogP) is 4.77. The number of nitrogens with one attached hydrogen (secondary N) is 2. The second-order valence-electron chi connectivity index (χ2n) is 9.05. The van der Waals surface area contributed by atoms with Crippen molar-refractivity contribution in [1.82, 2.24) is 4.31 Å². The molecule has 1 saturated heterocycles. The highest BCUT2D eigenvalue weighted by Gasteiger charge is 2.31. The minimum absolute atomic E-state index is 0.0169. The first kappa shape index (κ1) is 28.0. The number of nitrogens with zero attached hydrogens (tertiary/aromatic N) is 1. The molecule has 202 valence electrons. The van der Waals surface area contributed by atoms with Gasteiger partial charge in [-0.05, 0) is 67.8 Å². The molecule has 3 aromatic rings. The third-order valence-electron chi connectivity index (χ3n) is 6.46. The summed E-state index contributed by atoms with van der Waals surface area (Å²) in [4.78, 5) is 12.8. The van der Waals surface area contributed by atoms with Gasteiger partial charge in [0.2, 0.25) is 15.9 Å². The van der Waals surface area contributed by atoms with Gasteiger partial charge >= 0.3 is 0 Å². The summed E-state index contributed by atoms with van der Waals surface area (Å²) in [5.41, 5.74) is 1.50. The van der Waals surface area contributed by atoms with Crippen LogP contribution in [0, 0.1) is 18.7 Å². The van der Waals surface area contributed by atoms with Gasteiger partial charge in [-0.15, -0.1) is 0 Å². The van der Waals surface area contributed by atoms with Crippen LogP contribution in [0.5, 0.6) is 0 Å². The molecule has 1 fully saturated rings. The highest BCUT2D eigenvalue weighted by molar-refractivity contribution is 7.92. The molecule has 38 heavy (non-hydrogen) atoms. The Balaban J connectivity index is 1.33. The summed E-state index contributed by atoms with van der Waals surface area (Å²) in [7, 11) is -7.59. The molecule has 1 aliphatic heterocycles. The summed E-state index contributed by atoms with van der Waals surface area (Å²) in [5, 5.41) is 3.21. The van der Waals surface area contributed by atoms with Gasteiger partial charge in [0.1, 0.15) is 5.82 Å². The molecule has 0 saturated carbocycles. The fourth-order valence-corrected chi connectivity index (χ4v) is 7.06. The molecule has 0 atom stereocenters. The maximum Gasteiger partial charge on any atom is 0.261 e. The van der Waals surface area contributed by atoms with Gasteiger partial charge in [-0.3, -0.25) is 9.52 Å². The third kappa shape index (κ3) is 6.52. The first-order chi connectivity index (χ1) is 18.0. The van der Waals surface area contributed by atoms with Crippen molar-refractivity contribution in [1.29, 1.82) is 0 Å². The van der Waals surface area contributed by atoms with Gasteiger partial charge < -0.3 is 5.32 Å². The van der Waals surface area contributed by atoms with Gasteiger partial charge in [0, 0.05) is 35.3 Å². The molecule has 4 rings (SSSR count).